The van der Waals surface area contributed by atoms with E-state index in [1.165, 1.54) is 12.1 Å². The third-order valence-electron chi connectivity index (χ3n) is 2.97. The summed E-state index contributed by atoms with van der Waals surface area (Å²) in [5.41, 5.74) is 0.872. The quantitative estimate of drug-likeness (QED) is 0.836. The molecule has 0 spiro atoms. The fraction of sp³-hybridized carbons (Fsp3) is 0.417. The molecule has 1 heterocycles. The lowest BCUT2D eigenvalue weighted by Crippen LogP contribution is -2.32. The summed E-state index contributed by atoms with van der Waals surface area (Å²) in [5.74, 6) is -1.76. The Morgan fingerprint density at radius 3 is 2.69 bits per heavy atom. The van der Waals surface area contributed by atoms with E-state index in [9.17, 15) is 9.18 Å². The first-order valence-electron chi connectivity index (χ1n) is 5.24. The number of ether oxygens (including phenoxy) is 1. The van der Waals surface area contributed by atoms with Crippen LogP contribution >= 0.6 is 0 Å². The van der Waals surface area contributed by atoms with E-state index in [2.05, 4.69) is 0 Å². The smallest absolute Gasteiger partial charge is 0.309 e. The average molecular weight is 224 g/mol. The van der Waals surface area contributed by atoms with Gasteiger partial charge >= 0.3 is 5.97 Å². The molecule has 1 aromatic rings. The molecule has 3 nitrogen and oxygen atoms in total. The van der Waals surface area contributed by atoms with Crippen LogP contribution in [0, 0.1) is 11.7 Å². The van der Waals surface area contributed by atoms with Gasteiger partial charge in [0.05, 0.1) is 12.5 Å². The molecule has 1 aliphatic heterocycles. The van der Waals surface area contributed by atoms with E-state index < -0.39 is 11.9 Å². The van der Waals surface area contributed by atoms with Crippen molar-refractivity contribution in [2.45, 2.75) is 12.3 Å². The topological polar surface area (TPSA) is 46.5 Å². The molecule has 0 aliphatic carbocycles. The van der Waals surface area contributed by atoms with Crippen molar-refractivity contribution >= 4 is 5.97 Å². The maximum atomic E-state index is 12.8. The minimum absolute atomic E-state index is 0.0770. The number of carboxylic acid groups (broad SMARTS) is 1. The lowest BCUT2D eigenvalue weighted by Gasteiger charge is -2.28. The molecule has 2 unspecified atom stereocenters. The molecule has 1 saturated heterocycles. The second-order valence-corrected chi connectivity index (χ2v) is 3.97. The fourth-order valence-corrected chi connectivity index (χ4v) is 2.09. The number of halogens is 1. The van der Waals surface area contributed by atoms with E-state index in [1.54, 1.807) is 12.1 Å². The summed E-state index contributed by atoms with van der Waals surface area (Å²) in [7, 11) is 0. The van der Waals surface area contributed by atoms with Crippen LogP contribution in [0.25, 0.3) is 0 Å². The van der Waals surface area contributed by atoms with Crippen LogP contribution in [0.15, 0.2) is 24.3 Å². The molecule has 1 aromatic carbocycles. The second kappa shape index (κ2) is 4.61. The Labute approximate surface area is 92.9 Å². The monoisotopic (exact) mass is 224 g/mol. The van der Waals surface area contributed by atoms with Crippen molar-refractivity contribution in [1.82, 2.24) is 0 Å². The zero-order valence-electron chi connectivity index (χ0n) is 8.73. The standard InChI is InChI=1S/C12H13FO3/c13-9-3-1-8(2-4-9)10-5-6-16-7-11(10)12(14)15/h1-4,10-11H,5-7H2,(H,14,15). The third kappa shape index (κ3) is 2.22. The largest absolute Gasteiger partial charge is 0.481 e. The highest BCUT2D eigenvalue weighted by atomic mass is 19.1. The molecule has 0 amide bonds. The van der Waals surface area contributed by atoms with Gasteiger partial charge in [0.1, 0.15) is 5.82 Å². The number of rotatable bonds is 2. The van der Waals surface area contributed by atoms with E-state index in [4.69, 9.17) is 9.84 Å². The molecular weight excluding hydrogens is 211 g/mol. The van der Waals surface area contributed by atoms with E-state index >= 15 is 0 Å². The molecule has 86 valence electrons. The van der Waals surface area contributed by atoms with Crippen molar-refractivity contribution < 1.29 is 19.0 Å². The highest BCUT2D eigenvalue weighted by Crippen LogP contribution is 2.32. The van der Waals surface area contributed by atoms with Gasteiger partial charge in [-0.05, 0) is 24.1 Å². The van der Waals surface area contributed by atoms with Gasteiger partial charge in [-0.25, -0.2) is 4.39 Å². The molecule has 0 saturated carbocycles. The minimum atomic E-state index is -0.853. The van der Waals surface area contributed by atoms with E-state index in [-0.39, 0.29) is 18.3 Å². The molecule has 4 heteroatoms. The van der Waals surface area contributed by atoms with Crippen LogP contribution in [0.4, 0.5) is 4.39 Å². The fourth-order valence-electron chi connectivity index (χ4n) is 2.09. The van der Waals surface area contributed by atoms with Crippen LogP contribution in [0.1, 0.15) is 17.9 Å². The zero-order chi connectivity index (χ0) is 11.5. The maximum Gasteiger partial charge on any atom is 0.309 e. The molecule has 2 atom stereocenters. The second-order valence-electron chi connectivity index (χ2n) is 3.97. The number of hydrogen-bond acceptors (Lipinski definition) is 2. The lowest BCUT2D eigenvalue weighted by molar-refractivity contribution is -0.147. The average Bonchev–Trinajstić information content (AvgIpc) is 2.30. The SMILES string of the molecule is O=C(O)C1COCCC1c1ccc(F)cc1. The predicted octanol–water partition coefficient (Wildman–Crippen LogP) is 2.03. The summed E-state index contributed by atoms with van der Waals surface area (Å²) in [6.07, 6.45) is 0.669. The third-order valence-corrected chi connectivity index (χ3v) is 2.97. The van der Waals surface area contributed by atoms with Gasteiger partial charge in [-0.15, -0.1) is 0 Å². The van der Waals surface area contributed by atoms with Crippen molar-refractivity contribution in [2.75, 3.05) is 13.2 Å². The van der Waals surface area contributed by atoms with E-state index in [1.807, 2.05) is 0 Å². The van der Waals surface area contributed by atoms with E-state index in [0.29, 0.717) is 13.0 Å². The Hall–Kier alpha value is -1.42. The molecule has 0 bridgehead atoms. The summed E-state index contributed by atoms with van der Waals surface area (Å²) in [5, 5.41) is 9.07. The Kier molecular flexibility index (Phi) is 3.19. The highest BCUT2D eigenvalue weighted by molar-refractivity contribution is 5.71. The van der Waals surface area contributed by atoms with E-state index in [0.717, 1.165) is 5.56 Å². The zero-order valence-corrected chi connectivity index (χ0v) is 8.73. The van der Waals surface area contributed by atoms with Crippen LogP contribution in [0.2, 0.25) is 0 Å². The first kappa shape index (κ1) is 11.1. The van der Waals surface area contributed by atoms with Crippen molar-refractivity contribution in [1.29, 1.82) is 0 Å². The molecule has 0 radical (unpaired) electrons. The molecule has 16 heavy (non-hydrogen) atoms. The molecule has 1 fully saturated rings. The van der Waals surface area contributed by atoms with Gasteiger partial charge in [0.25, 0.3) is 0 Å². The van der Waals surface area contributed by atoms with Gasteiger partial charge in [0, 0.05) is 12.5 Å². The van der Waals surface area contributed by atoms with Crippen molar-refractivity contribution in [3.8, 4) is 0 Å². The molecule has 0 aromatic heterocycles. The molecule has 2 rings (SSSR count). The number of carboxylic acids is 1. The van der Waals surface area contributed by atoms with Gasteiger partial charge in [-0.2, -0.15) is 0 Å². The van der Waals surface area contributed by atoms with Crippen LogP contribution in [-0.2, 0) is 9.53 Å². The maximum absolute atomic E-state index is 12.8. The lowest BCUT2D eigenvalue weighted by atomic mass is 9.83. The number of benzene rings is 1. The Bertz CT molecular complexity index is 374. The summed E-state index contributed by atoms with van der Waals surface area (Å²) in [6.45, 7) is 0.795. The summed E-state index contributed by atoms with van der Waals surface area (Å²) in [4.78, 5) is 11.1. The number of carbonyl (C=O) groups is 1. The van der Waals surface area contributed by atoms with Gasteiger partial charge in [0.15, 0.2) is 0 Å². The number of hydrogen-bond donors (Lipinski definition) is 1. The molecule has 1 aliphatic rings. The van der Waals surface area contributed by atoms with Gasteiger partial charge < -0.3 is 9.84 Å². The summed E-state index contributed by atoms with van der Waals surface area (Å²) in [6, 6.07) is 6.04. The Morgan fingerprint density at radius 1 is 1.38 bits per heavy atom. The van der Waals surface area contributed by atoms with Crippen molar-refractivity contribution in [3.05, 3.63) is 35.6 Å². The van der Waals surface area contributed by atoms with Crippen LogP contribution in [0.5, 0.6) is 0 Å². The molecule has 1 N–H and O–H groups in total. The predicted molar refractivity (Wildman–Crippen MR) is 55.7 cm³/mol. The molecular formula is C12H13FO3. The highest BCUT2D eigenvalue weighted by Gasteiger charge is 2.32. The Balaban J connectivity index is 2.23. The van der Waals surface area contributed by atoms with Crippen LogP contribution in [-0.4, -0.2) is 24.3 Å². The van der Waals surface area contributed by atoms with Crippen LogP contribution in [0.3, 0.4) is 0 Å². The first-order valence-corrected chi connectivity index (χ1v) is 5.24. The van der Waals surface area contributed by atoms with Gasteiger partial charge in [0.2, 0.25) is 0 Å². The van der Waals surface area contributed by atoms with Crippen molar-refractivity contribution in [2.24, 2.45) is 5.92 Å². The Morgan fingerprint density at radius 2 is 2.06 bits per heavy atom. The number of aliphatic carboxylic acids is 1. The minimum Gasteiger partial charge on any atom is -0.481 e. The van der Waals surface area contributed by atoms with Crippen molar-refractivity contribution in [3.63, 3.8) is 0 Å². The van der Waals surface area contributed by atoms with Crippen LogP contribution < -0.4 is 0 Å². The summed E-state index contributed by atoms with van der Waals surface area (Å²) >= 11 is 0. The van der Waals surface area contributed by atoms with Gasteiger partial charge in [-0.1, -0.05) is 12.1 Å². The summed E-state index contributed by atoms with van der Waals surface area (Å²) < 4.78 is 17.9. The van der Waals surface area contributed by atoms with Gasteiger partial charge in [-0.3, -0.25) is 4.79 Å². The normalized spacial score (nSPS) is 25.3. The first-order chi connectivity index (χ1) is 7.68.